The normalized spacial score (nSPS) is 35.7. The second-order valence-electron chi connectivity index (χ2n) is 21.3. The Balaban J connectivity index is 1.30. The lowest BCUT2D eigenvalue weighted by atomic mass is 9.33. The van der Waals surface area contributed by atoms with Crippen molar-refractivity contribution in [2.75, 3.05) is 33.7 Å². The summed E-state index contributed by atoms with van der Waals surface area (Å²) in [7, 11) is 4.29. The summed E-state index contributed by atoms with van der Waals surface area (Å²) in [4.78, 5) is 44.2. The number of carbonyl (C=O) groups excluding carboxylic acids is 2. The average Bonchev–Trinajstić information content (AvgIpc) is 3.37. The van der Waals surface area contributed by atoms with Gasteiger partial charge in [0.2, 0.25) is 0 Å². The van der Waals surface area contributed by atoms with Crippen molar-refractivity contribution in [3.63, 3.8) is 0 Å². The fourth-order valence-corrected chi connectivity index (χ4v) is 13.7. The van der Waals surface area contributed by atoms with E-state index in [1.165, 1.54) is 11.1 Å². The molecule has 0 saturated heterocycles. The number of hydrogen-bond acceptors (Lipinski definition) is 6. The zero-order chi connectivity index (χ0) is 40.5. The molecule has 0 amide bonds. The van der Waals surface area contributed by atoms with Crippen molar-refractivity contribution < 1.29 is 24.2 Å². The van der Waals surface area contributed by atoms with Crippen LogP contribution in [-0.2, 0) is 25.7 Å². The Morgan fingerprint density at radius 3 is 2.20 bits per heavy atom. The number of esters is 1. The number of benzene rings is 1. The van der Waals surface area contributed by atoms with Gasteiger partial charge in [-0.1, -0.05) is 77.8 Å². The highest BCUT2D eigenvalue weighted by Crippen LogP contribution is 2.76. The first kappa shape index (κ1) is 42.4. The number of allylic oxidation sites excluding steroid dienone is 1. The molecule has 1 aromatic rings. The number of carboxylic acids is 1. The Hall–Kier alpha value is -2.22. The quantitative estimate of drug-likeness (QED) is 0.212. The maximum atomic E-state index is 14.3. The number of carboxylic acid groups (broad SMARTS) is 1. The van der Waals surface area contributed by atoms with Crippen LogP contribution in [0.1, 0.15) is 132 Å². The minimum Gasteiger partial charge on any atom is -0.481 e. The van der Waals surface area contributed by atoms with E-state index in [9.17, 15) is 19.5 Å². The van der Waals surface area contributed by atoms with Crippen molar-refractivity contribution in [2.24, 2.45) is 56.2 Å². The maximum Gasteiger partial charge on any atom is 0.309 e. The van der Waals surface area contributed by atoms with Crippen molar-refractivity contribution in [3.8, 4) is 0 Å². The van der Waals surface area contributed by atoms with E-state index >= 15 is 0 Å². The van der Waals surface area contributed by atoms with Gasteiger partial charge < -0.3 is 14.7 Å². The van der Waals surface area contributed by atoms with Gasteiger partial charge in [-0.3, -0.25) is 19.3 Å². The van der Waals surface area contributed by atoms with Crippen LogP contribution in [0.3, 0.4) is 0 Å². The van der Waals surface area contributed by atoms with Crippen LogP contribution in [-0.4, -0.2) is 72.5 Å². The average molecular weight is 780 g/mol. The highest BCUT2D eigenvalue weighted by molar-refractivity contribution is 6.30. The summed E-state index contributed by atoms with van der Waals surface area (Å²) in [5.74, 6) is 0.540. The molecule has 1 aromatic carbocycles. The Bertz CT molecular complexity index is 1680. The van der Waals surface area contributed by atoms with Crippen molar-refractivity contribution in [2.45, 2.75) is 139 Å². The first-order valence-corrected chi connectivity index (χ1v) is 21.7. The molecule has 8 heteroatoms. The Kier molecular flexibility index (Phi) is 11.5. The van der Waals surface area contributed by atoms with E-state index in [1.54, 1.807) is 13.8 Å². The standard InChI is InChI=1S/C47H71ClN2O5/c1-30(2)39-34(51)26-47(29-50(25-24-49(10)11)28-31-12-14-32(48)15-13-31)23-22-45(8)33(40(39)47)16-17-36-44(7)20-19-37(55-38(52)27-42(3,4)41(53)54)43(5,6)35(44)18-21-46(36,45)9/h12-15,30,33,35-37H,16-29H2,1-11H3,(H,53,54)/t33-,35+,36-,37+,44+,45-,46-,47+/m1/s1. The summed E-state index contributed by atoms with van der Waals surface area (Å²) in [6.07, 6.45) is 8.81. The molecule has 0 unspecified atom stereocenters. The van der Waals surface area contributed by atoms with Gasteiger partial charge in [-0.15, -0.1) is 0 Å². The number of Topliss-reactive ketones (excluding diaryl/α,β-unsaturated/α-hetero) is 1. The highest BCUT2D eigenvalue weighted by Gasteiger charge is 2.70. The van der Waals surface area contributed by atoms with E-state index in [1.807, 2.05) is 12.1 Å². The number of aliphatic carboxylic acids is 1. The van der Waals surface area contributed by atoms with E-state index in [-0.39, 0.29) is 45.5 Å². The topological polar surface area (TPSA) is 87.2 Å². The fraction of sp³-hybridized carbons (Fsp3) is 0.766. The largest absolute Gasteiger partial charge is 0.481 e. The number of likely N-dealkylation sites (N-methyl/N-ethyl adjacent to an activating group) is 1. The van der Waals surface area contributed by atoms with Gasteiger partial charge in [-0.25, -0.2) is 0 Å². The number of nitrogens with zero attached hydrogens (tertiary/aromatic N) is 2. The number of rotatable bonds is 12. The minimum atomic E-state index is -1.15. The van der Waals surface area contributed by atoms with E-state index in [0.29, 0.717) is 30.0 Å². The van der Waals surface area contributed by atoms with E-state index in [2.05, 4.69) is 84.5 Å². The smallest absolute Gasteiger partial charge is 0.309 e. The van der Waals surface area contributed by atoms with Crippen LogP contribution in [0, 0.1) is 56.2 Å². The van der Waals surface area contributed by atoms with Crippen LogP contribution in [0.4, 0.5) is 0 Å². The lowest BCUT2D eigenvalue weighted by Gasteiger charge is -2.72. The third-order valence-corrected chi connectivity index (χ3v) is 16.9. The fourth-order valence-electron chi connectivity index (χ4n) is 13.6. The highest BCUT2D eigenvalue weighted by atomic mass is 35.5. The summed E-state index contributed by atoms with van der Waals surface area (Å²) < 4.78 is 6.21. The van der Waals surface area contributed by atoms with Gasteiger partial charge in [0, 0.05) is 48.5 Å². The summed E-state index contributed by atoms with van der Waals surface area (Å²) >= 11 is 6.29. The molecule has 5 aliphatic carbocycles. The van der Waals surface area contributed by atoms with Gasteiger partial charge >= 0.3 is 11.9 Å². The minimum absolute atomic E-state index is 0.0774. The lowest BCUT2D eigenvalue weighted by Crippen LogP contribution is -2.66. The van der Waals surface area contributed by atoms with E-state index < -0.39 is 17.4 Å². The van der Waals surface area contributed by atoms with Gasteiger partial charge in [-0.2, -0.15) is 0 Å². The molecule has 0 bridgehead atoms. The first-order chi connectivity index (χ1) is 25.5. The van der Waals surface area contributed by atoms with Crippen molar-refractivity contribution in [3.05, 3.63) is 46.0 Å². The predicted octanol–water partition coefficient (Wildman–Crippen LogP) is 10.1. The number of carbonyl (C=O) groups is 3. The number of fused-ring (bicyclic) bond motifs is 7. The third kappa shape index (κ3) is 7.28. The molecular weight excluding hydrogens is 708 g/mol. The number of halogens is 1. The molecule has 306 valence electrons. The maximum absolute atomic E-state index is 14.3. The van der Waals surface area contributed by atoms with Crippen molar-refractivity contribution in [1.82, 2.24) is 9.80 Å². The lowest BCUT2D eigenvalue weighted by molar-refractivity contribution is -0.233. The molecule has 0 aliphatic heterocycles. The van der Waals surface area contributed by atoms with Gasteiger partial charge in [0.15, 0.2) is 5.78 Å². The molecule has 8 atom stereocenters. The van der Waals surface area contributed by atoms with Gasteiger partial charge in [0.25, 0.3) is 0 Å². The summed E-state index contributed by atoms with van der Waals surface area (Å²) in [5.41, 5.74) is 2.72. The molecule has 1 N–H and O–H groups in total. The van der Waals surface area contributed by atoms with Crippen LogP contribution in [0.25, 0.3) is 0 Å². The van der Waals surface area contributed by atoms with Crippen molar-refractivity contribution in [1.29, 1.82) is 0 Å². The summed E-state index contributed by atoms with van der Waals surface area (Å²) in [6.45, 7) is 23.7. The monoisotopic (exact) mass is 779 g/mol. The molecule has 0 heterocycles. The Morgan fingerprint density at radius 1 is 0.909 bits per heavy atom. The summed E-state index contributed by atoms with van der Waals surface area (Å²) in [6, 6.07) is 8.28. The Labute approximate surface area is 337 Å². The van der Waals surface area contributed by atoms with E-state index in [4.69, 9.17) is 16.3 Å². The van der Waals surface area contributed by atoms with Crippen LogP contribution in [0.5, 0.6) is 0 Å². The number of ether oxygens (including phenoxy) is 1. The molecule has 55 heavy (non-hydrogen) atoms. The molecule has 4 fully saturated rings. The van der Waals surface area contributed by atoms with Crippen LogP contribution in [0.2, 0.25) is 5.02 Å². The zero-order valence-electron chi connectivity index (χ0n) is 35.9. The van der Waals surface area contributed by atoms with Gasteiger partial charge in [0.05, 0.1) is 11.8 Å². The predicted molar refractivity (Wildman–Crippen MR) is 221 cm³/mol. The van der Waals surface area contributed by atoms with Gasteiger partial charge in [0.1, 0.15) is 6.10 Å². The Morgan fingerprint density at radius 2 is 1.58 bits per heavy atom. The zero-order valence-corrected chi connectivity index (χ0v) is 36.7. The van der Waals surface area contributed by atoms with Crippen LogP contribution < -0.4 is 0 Å². The molecule has 5 aliphatic rings. The molecule has 6 rings (SSSR count). The second-order valence-corrected chi connectivity index (χ2v) is 21.8. The van der Waals surface area contributed by atoms with E-state index in [0.717, 1.165) is 88.1 Å². The molecule has 7 nitrogen and oxygen atoms in total. The third-order valence-electron chi connectivity index (χ3n) is 16.7. The van der Waals surface area contributed by atoms with Gasteiger partial charge in [-0.05, 0) is 142 Å². The summed E-state index contributed by atoms with van der Waals surface area (Å²) in [5, 5.41) is 10.4. The first-order valence-electron chi connectivity index (χ1n) is 21.3. The van der Waals surface area contributed by atoms with Crippen LogP contribution >= 0.6 is 11.6 Å². The molecular formula is C47H71ClN2O5. The number of hydrogen-bond donors (Lipinski definition) is 1. The molecule has 0 radical (unpaired) electrons. The number of ketones is 1. The SMILES string of the molecule is CC(C)C1=C2[C@H]3CC[C@@H]4[C@@]5(C)CC[C@H](OC(=O)CC(C)(C)C(=O)O)C(C)(C)[C@@H]5CC[C@@]4(C)[C@]3(C)CC[C@@]2(CN(CCN(C)C)Cc2ccc(Cl)cc2)CC1=O. The molecule has 4 saturated carbocycles. The van der Waals surface area contributed by atoms with Crippen molar-refractivity contribution >= 4 is 29.3 Å². The second kappa shape index (κ2) is 14.9. The van der Waals surface area contributed by atoms with Crippen LogP contribution in [0.15, 0.2) is 35.4 Å². The molecule has 0 spiro atoms. The molecule has 0 aromatic heterocycles.